The molecule has 106 valence electrons. The second kappa shape index (κ2) is 5.53. The molecular formula is C15H18N2O3. The molecule has 2 N–H and O–H groups in total. The third kappa shape index (κ3) is 2.92. The summed E-state index contributed by atoms with van der Waals surface area (Å²) in [7, 11) is 0. The molecule has 2 aromatic rings. The molecule has 0 atom stereocenters. The van der Waals surface area contributed by atoms with Crippen LogP contribution in [0.4, 0.5) is 5.69 Å². The Bertz CT molecular complexity index is 665. The quantitative estimate of drug-likeness (QED) is 0.899. The predicted molar refractivity (Wildman–Crippen MR) is 76.7 cm³/mol. The molecular weight excluding hydrogens is 256 g/mol. The lowest BCUT2D eigenvalue weighted by molar-refractivity contribution is -0.116. The summed E-state index contributed by atoms with van der Waals surface area (Å²) in [5.74, 6) is 0.264. The number of amides is 1. The second-order valence-electron chi connectivity index (χ2n) is 5.46. The van der Waals surface area contributed by atoms with Gasteiger partial charge in [0.05, 0.1) is 5.52 Å². The van der Waals surface area contributed by atoms with E-state index in [4.69, 9.17) is 4.42 Å². The number of hydrogen-bond donors (Lipinski definition) is 2. The number of aromatic nitrogens is 1. The Morgan fingerprint density at radius 1 is 1.35 bits per heavy atom. The van der Waals surface area contributed by atoms with E-state index in [9.17, 15) is 9.59 Å². The van der Waals surface area contributed by atoms with E-state index < -0.39 is 5.76 Å². The molecule has 1 aliphatic carbocycles. The highest BCUT2D eigenvalue weighted by atomic mass is 16.4. The highest BCUT2D eigenvalue weighted by molar-refractivity contribution is 5.92. The van der Waals surface area contributed by atoms with E-state index in [1.54, 1.807) is 18.2 Å². The minimum atomic E-state index is -0.482. The van der Waals surface area contributed by atoms with Gasteiger partial charge in [-0.3, -0.25) is 9.78 Å². The Morgan fingerprint density at radius 2 is 2.15 bits per heavy atom. The van der Waals surface area contributed by atoms with Crippen LogP contribution in [-0.2, 0) is 4.79 Å². The second-order valence-corrected chi connectivity index (χ2v) is 5.46. The van der Waals surface area contributed by atoms with Crippen LogP contribution in [0.1, 0.15) is 38.5 Å². The molecule has 1 amide bonds. The first kappa shape index (κ1) is 13.0. The van der Waals surface area contributed by atoms with Crippen molar-refractivity contribution in [3.05, 3.63) is 28.7 Å². The summed E-state index contributed by atoms with van der Waals surface area (Å²) in [5, 5.41) is 2.86. The van der Waals surface area contributed by atoms with Gasteiger partial charge in [-0.2, -0.15) is 0 Å². The molecule has 20 heavy (non-hydrogen) atoms. The first-order valence-corrected chi connectivity index (χ1v) is 7.13. The number of H-pyrrole nitrogens is 1. The van der Waals surface area contributed by atoms with E-state index in [-0.39, 0.29) is 5.91 Å². The van der Waals surface area contributed by atoms with Gasteiger partial charge in [0, 0.05) is 12.1 Å². The van der Waals surface area contributed by atoms with E-state index in [1.165, 1.54) is 25.7 Å². The van der Waals surface area contributed by atoms with Crippen LogP contribution in [0.25, 0.3) is 11.1 Å². The summed E-state index contributed by atoms with van der Waals surface area (Å²) in [6, 6.07) is 5.14. The van der Waals surface area contributed by atoms with Crippen molar-refractivity contribution in [3.63, 3.8) is 0 Å². The number of carbonyl (C=O) groups excluding carboxylic acids is 1. The first-order chi connectivity index (χ1) is 9.70. The summed E-state index contributed by atoms with van der Waals surface area (Å²) in [4.78, 5) is 25.5. The molecule has 0 aliphatic heterocycles. The van der Waals surface area contributed by atoms with Crippen molar-refractivity contribution in [2.75, 3.05) is 5.32 Å². The smallest absolute Gasteiger partial charge is 0.408 e. The fourth-order valence-corrected chi connectivity index (χ4v) is 2.89. The first-order valence-electron chi connectivity index (χ1n) is 7.13. The van der Waals surface area contributed by atoms with Gasteiger partial charge in [-0.1, -0.05) is 25.7 Å². The maximum Gasteiger partial charge on any atom is 0.417 e. The lowest BCUT2D eigenvalue weighted by atomic mass is 10.0. The molecule has 5 heteroatoms. The standard InChI is InChI=1S/C15H18N2O3/c18-14(8-5-10-3-1-2-4-10)16-11-6-7-13-12(9-11)17-15(19)20-13/h6-7,9-10H,1-5,8H2,(H,16,18)(H,17,19). The molecule has 1 heterocycles. The molecule has 0 bridgehead atoms. The lowest BCUT2D eigenvalue weighted by Crippen LogP contribution is -2.12. The van der Waals surface area contributed by atoms with Gasteiger partial charge in [0.1, 0.15) is 0 Å². The normalized spacial score (nSPS) is 15.8. The van der Waals surface area contributed by atoms with Crippen molar-refractivity contribution < 1.29 is 9.21 Å². The van der Waals surface area contributed by atoms with E-state index in [1.807, 2.05) is 0 Å². The molecule has 0 radical (unpaired) electrons. The Hall–Kier alpha value is -2.04. The van der Waals surface area contributed by atoms with Crippen molar-refractivity contribution in [3.8, 4) is 0 Å². The molecule has 1 aromatic heterocycles. The van der Waals surface area contributed by atoms with Gasteiger partial charge in [-0.25, -0.2) is 4.79 Å². The summed E-state index contributed by atoms with van der Waals surface area (Å²) in [6.45, 7) is 0. The van der Waals surface area contributed by atoms with Gasteiger partial charge in [0.25, 0.3) is 0 Å². The monoisotopic (exact) mass is 274 g/mol. The van der Waals surface area contributed by atoms with E-state index in [0.29, 0.717) is 29.1 Å². The zero-order chi connectivity index (χ0) is 13.9. The zero-order valence-electron chi connectivity index (χ0n) is 11.3. The molecule has 1 aliphatic rings. The van der Waals surface area contributed by atoms with Crippen LogP contribution in [0, 0.1) is 5.92 Å². The SMILES string of the molecule is O=C(CCC1CCCC1)Nc1ccc2oc(=O)[nH]c2c1. The van der Waals surface area contributed by atoms with Crippen molar-refractivity contribution in [2.24, 2.45) is 5.92 Å². The van der Waals surface area contributed by atoms with Gasteiger partial charge >= 0.3 is 5.76 Å². The number of oxazole rings is 1. The van der Waals surface area contributed by atoms with Crippen molar-refractivity contribution in [2.45, 2.75) is 38.5 Å². The van der Waals surface area contributed by atoms with Gasteiger partial charge < -0.3 is 9.73 Å². The summed E-state index contributed by atoms with van der Waals surface area (Å²) < 4.78 is 4.92. The maximum atomic E-state index is 11.9. The lowest BCUT2D eigenvalue weighted by Gasteiger charge is -2.09. The average Bonchev–Trinajstić information content (AvgIpc) is 3.04. The Labute approximate surface area is 116 Å². The topological polar surface area (TPSA) is 75.1 Å². The molecule has 0 saturated heterocycles. The zero-order valence-corrected chi connectivity index (χ0v) is 11.3. The van der Waals surface area contributed by atoms with Crippen LogP contribution >= 0.6 is 0 Å². The number of nitrogens with one attached hydrogen (secondary N) is 2. The van der Waals surface area contributed by atoms with Crippen LogP contribution in [0.2, 0.25) is 0 Å². The van der Waals surface area contributed by atoms with Crippen LogP contribution in [0.15, 0.2) is 27.4 Å². The summed E-state index contributed by atoms with van der Waals surface area (Å²) >= 11 is 0. The average molecular weight is 274 g/mol. The van der Waals surface area contributed by atoms with Crippen molar-refractivity contribution >= 4 is 22.7 Å². The molecule has 3 rings (SSSR count). The van der Waals surface area contributed by atoms with Crippen LogP contribution < -0.4 is 11.1 Å². The van der Waals surface area contributed by atoms with E-state index >= 15 is 0 Å². The van der Waals surface area contributed by atoms with E-state index in [0.717, 1.165) is 6.42 Å². The van der Waals surface area contributed by atoms with Gasteiger partial charge in [-0.05, 0) is 30.5 Å². The molecule has 1 saturated carbocycles. The predicted octanol–water partition coefficient (Wildman–Crippen LogP) is 3.03. The Kier molecular flexibility index (Phi) is 3.58. The molecule has 1 fully saturated rings. The number of rotatable bonds is 4. The van der Waals surface area contributed by atoms with Crippen molar-refractivity contribution in [1.29, 1.82) is 0 Å². The Balaban J connectivity index is 1.60. The highest BCUT2D eigenvalue weighted by Crippen LogP contribution is 2.28. The van der Waals surface area contributed by atoms with Crippen LogP contribution in [-0.4, -0.2) is 10.9 Å². The van der Waals surface area contributed by atoms with Gasteiger partial charge in [0.2, 0.25) is 5.91 Å². The van der Waals surface area contributed by atoms with Crippen LogP contribution in [0.3, 0.4) is 0 Å². The fraction of sp³-hybridized carbons (Fsp3) is 0.467. The molecule has 0 spiro atoms. The number of fused-ring (bicyclic) bond motifs is 1. The summed E-state index contributed by atoms with van der Waals surface area (Å²) in [5.41, 5.74) is 1.79. The summed E-state index contributed by atoms with van der Waals surface area (Å²) in [6.07, 6.45) is 6.65. The number of carbonyl (C=O) groups is 1. The maximum absolute atomic E-state index is 11.9. The van der Waals surface area contributed by atoms with Crippen molar-refractivity contribution in [1.82, 2.24) is 4.98 Å². The number of aromatic amines is 1. The largest absolute Gasteiger partial charge is 0.417 e. The Morgan fingerprint density at radius 3 is 2.95 bits per heavy atom. The minimum Gasteiger partial charge on any atom is -0.408 e. The highest BCUT2D eigenvalue weighted by Gasteiger charge is 2.16. The fourth-order valence-electron chi connectivity index (χ4n) is 2.89. The molecule has 1 aromatic carbocycles. The number of anilines is 1. The third-order valence-corrected chi connectivity index (χ3v) is 3.96. The number of benzene rings is 1. The molecule has 0 unspecified atom stereocenters. The minimum absolute atomic E-state index is 0.0297. The number of hydrogen-bond acceptors (Lipinski definition) is 3. The van der Waals surface area contributed by atoms with Gasteiger partial charge in [-0.15, -0.1) is 0 Å². The van der Waals surface area contributed by atoms with Gasteiger partial charge in [0.15, 0.2) is 5.58 Å². The third-order valence-electron chi connectivity index (χ3n) is 3.96. The van der Waals surface area contributed by atoms with E-state index in [2.05, 4.69) is 10.3 Å². The van der Waals surface area contributed by atoms with Crippen LogP contribution in [0.5, 0.6) is 0 Å². The molecule has 5 nitrogen and oxygen atoms in total.